The van der Waals surface area contributed by atoms with E-state index in [9.17, 15) is 22.4 Å². The Hall–Kier alpha value is -4.42. The molecule has 47 heavy (non-hydrogen) atoms. The molecule has 4 aromatic rings. The molecular weight excluding hydrogens is 689 g/mol. The molecule has 0 aliphatic rings. The Morgan fingerprint density at radius 3 is 2.19 bits per heavy atom. The molecule has 248 valence electrons. The van der Waals surface area contributed by atoms with Gasteiger partial charge in [0.1, 0.15) is 18.4 Å². The molecule has 0 fully saturated rings. The second-order valence-electron chi connectivity index (χ2n) is 10.7. The fraction of sp³-hybridized carbons (Fsp3) is 0.257. The van der Waals surface area contributed by atoms with E-state index in [4.69, 9.17) is 9.47 Å². The number of rotatable bonds is 15. The Balaban J connectivity index is 1.82. The molecule has 12 heteroatoms. The first kappa shape index (κ1) is 35.4. The summed E-state index contributed by atoms with van der Waals surface area (Å²) in [5.41, 5.74) is 1.61. The zero-order valence-corrected chi connectivity index (χ0v) is 28.8. The third-order valence-corrected chi connectivity index (χ3v) is 9.66. The lowest BCUT2D eigenvalue weighted by atomic mass is 10.0. The Kier molecular flexibility index (Phi) is 12.4. The molecule has 4 rings (SSSR count). The molecule has 1 N–H and O–H groups in total. The van der Waals surface area contributed by atoms with Crippen LogP contribution in [0.4, 0.5) is 10.1 Å². The number of carbonyl (C=O) groups excluding carboxylic acids is 2. The van der Waals surface area contributed by atoms with Crippen LogP contribution < -0.4 is 19.1 Å². The Labute approximate surface area is 283 Å². The van der Waals surface area contributed by atoms with Gasteiger partial charge in [0.2, 0.25) is 11.8 Å². The van der Waals surface area contributed by atoms with Crippen LogP contribution in [0.5, 0.6) is 11.5 Å². The number of anilines is 1. The lowest BCUT2D eigenvalue weighted by Crippen LogP contribution is -2.53. The van der Waals surface area contributed by atoms with Crippen molar-refractivity contribution in [2.45, 2.75) is 37.2 Å². The van der Waals surface area contributed by atoms with Crippen molar-refractivity contribution in [3.63, 3.8) is 0 Å². The third kappa shape index (κ3) is 9.11. The number of carbonyl (C=O) groups is 2. The van der Waals surface area contributed by atoms with Crippen molar-refractivity contribution in [1.29, 1.82) is 0 Å². The minimum Gasteiger partial charge on any atom is -0.493 e. The fourth-order valence-electron chi connectivity index (χ4n) is 4.99. The SMILES string of the molecule is CCCNC(=O)[C@H](Cc1ccccc1)N(Cc1cccc(Br)c1)C(=O)CN(c1ccc(F)cc1)S(=O)(=O)c1ccc(OC)c(OC)c1. The number of halogens is 2. The number of ether oxygens (including phenoxy) is 2. The molecule has 0 saturated carbocycles. The van der Waals surface area contributed by atoms with E-state index in [-0.39, 0.29) is 35.2 Å². The second kappa shape index (κ2) is 16.4. The maximum Gasteiger partial charge on any atom is 0.264 e. The lowest BCUT2D eigenvalue weighted by Gasteiger charge is -2.34. The van der Waals surface area contributed by atoms with Gasteiger partial charge in [0, 0.05) is 30.0 Å². The number of hydrogen-bond acceptors (Lipinski definition) is 6. The number of methoxy groups -OCH3 is 2. The van der Waals surface area contributed by atoms with Crippen LogP contribution in [0, 0.1) is 5.82 Å². The highest BCUT2D eigenvalue weighted by atomic mass is 79.9. The molecule has 2 amide bonds. The molecule has 0 bridgehead atoms. The quantitative estimate of drug-likeness (QED) is 0.162. The van der Waals surface area contributed by atoms with Crippen molar-refractivity contribution in [2.75, 3.05) is 31.6 Å². The van der Waals surface area contributed by atoms with Gasteiger partial charge >= 0.3 is 0 Å². The predicted octanol–water partition coefficient (Wildman–Crippen LogP) is 5.97. The molecule has 0 spiro atoms. The highest BCUT2D eigenvalue weighted by molar-refractivity contribution is 9.10. The first-order chi connectivity index (χ1) is 22.6. The van der Waals surface area contributed by atoms with Crippen molar-refractivity contribution < 1.29 is 31.9 Å². The fourth-order valence-corrected chi connectivity index (χ4v) is 6.87. The average Bonchev–Trinajstić information content (AvgIpc) is 3.08. The van der Waals surface area contributed by atoms with Gasteiger partial charge in [-0.05, 0) is 66.1 Å². The van der Waals surface area contributed by atoms with Gasteiger partial charge in [-0.3, -0.25) is 13.9 Å². The van der Waals surface area contributed by atoms with Gasteiger partial charge in [0.25, 0.3) is 10.0 Å². The average molecular weight is 727 g/mol. The second-order valence-corrected chi connectivity index (χ2v) is 13.4. The number of hydrogen-bond donors (Lipinski definition) is 1. The van der Waals surface area contributed by atoms with E-state index in [2.05, 4.69) is 21.2 Å². The van der Waals surface area contributed by atoms with Crippen LogP contribution in [-0.4, -0.2) is 58.5 Å². The number of nitrogens with zero attached hydrogens (tertiary/aromatic N) is 2. The van der Waals surface area contributed by atoms with E-state index in [1.54, 1.807) is 0 Å². The van der Waals surface area contributed by atoms with Crippen LogP contribution in [-0.2, 0) is 32.6 Å². The van der Waals surface area contributed by atoms with Crippen molar-refractivity contribution in [3.8, 4) is 11.5 Å². The molecule has 1 atom stereocenters. The summed E-state index contributed by atoms with van der Waals surface area (Å²) < 4.78 is 54.8. The number of amides is 2. The smallest absolute Gasteiger partial charge is 0.264 e. The monoisotopic (exact) mass is 725 g/mol. The third-order valence-electron chi connectivity index (χ3n) is 7.40. The van der Waals surface area contributed by atoms with E-state index < -0.39 is 34.3 Å². The zero-order chi connectivity index (χ0) is 34.0. The topological polar surface area (TPSA) is 105 Å². The van der Waals surface area contributed by atoms with Gasteiger partial charge in [-0.15, -0.1) is 0 Å². The van der Waals surface area contributed by atoms with Crippen LogP contribution in [0.25, 0.3) is 0 Å². The van der Waals surface area contributed by atoms with Gasteiger partial charge in [0.05, 0.1) is 24.8 Å². The van der Waals surface area contributed by atoms with E-state index in [1.807, 2.05) is 61.5 Å². The highest BCUT2D eigenvalue weighted by Gasteiger charge is 2.35. The molecule has 0 aromatic heterocycles. The predicted molar refractivity (Wildman–Crippen MR) is 182 cm³/mol. The van der Waals surface area contributed by atoms with Crippen LogP contribution in [0.3, 0.4) is 0 Å². The molecule has 0 saturated heterocycles. The Morgan fingerprint density at radius 1 is 0.872 bits per heavy atom. The Bertz CT molecular complexity index is 1770. The van der Waals surface area contributed by atoms with E-state index >= 15 is 0 Å². The van der Waals surface area contributed by atoms with Gasteiger partial charge in [0.15, 0.2) is 11.5 Å². The largest absolute Gasteiger partial charge is 0.493 e. The standard InChI is InChI=1S/C35H37BrFN3O6S/c1-4-19-38-35(42)31(21-25-9-6-5-7-10-25)39(23-26-11-8-12-27(36)20-26)34(41)24-40(29-15-13-28(37)14-16-29)47(43,44)30-17-18-32(45-2)33(22-30)46-3/h5-18,20,22,31H,4,19,21,23-24H2,1-3H3,(H,38,42)/t31-/m0/s1. The normalized spacial score (nSPS) is 11.8. The molecule has 0 aliphatic heterocycles. The molecule has 0 aliphatic carbocycles. The lowest BCUT2D eigenvalue weighted by molar-refractivity contribution is -0.140. The van der Waals surface area contributed by atoms with Crippen molar-refractivity contribution in [3.05, 3.63) is 118 Å². The molecule has 0 heterocycles. The Morgan fingerprint density at radius 2 is 1.55 bits per heavy atom. The molecular formula is C35H37BrFN3O6S. The summed E-state index contributed by atoms with van der Waals surface area (Å²) in [5.74, 6) is -1.08. The molecule has 0 unspecified atom stereocenters. The van der Waals surface area contributed by atoms with Crippen molar-refractivity contribution >= 4 is 43.5 Å². The van der Waals surface area contributed by atoms with Crippen molar-refractivity contribution in [1.82, 2.24) is 10.2 Å². The van der Waals surface area contributed by atoms with Crippen LogP contribution in [0.2, 0.25) is 0 Å². The zero-order valence-electron chi connectivity index (χ0n) is 26.4. The van der Waals surface area contributed by atoms with Crippen LogP contribution >= 0.6 is 15.9 Å². The summed E-state index contributed by atoms with van der Waals surface area (Å²) in [6, 6.07) is 24.5. The summed E-state index contributed by atoms with van der Waals surface area (Å²) in [6.07, 6.45) is 0.875. The number of sulfonamides is 1. The molecule has 0 radical (unpaired) electrons. The van der Waals surface area contributed by atoms with Gasteiger partial charge in [-0.1, -0.05) is 65.3 Å². The summed E-state index contributed by atoms with van der Waals surface area (Å²) in [4.78, 5) is 29.5. The first-order valence-corrected chi connectivity index (χ1v) is 17.2. The maximum atomic E-state index is 14.5. The summed E-state index contributed by atoms with van der Waals surface area (Å²) >= 11 is 3.47. The summed E-state index contributed by atoms with van der Waals surface area (Å²) in [7, 11) is -1.62. The number of nitrogens with one attached hydrogen (secondary N) is 1. The van der Waals surface area contributed by atoms with E-state index in [1.165, 1.54) is 49.5 Å². The van der Waals surface area contributed by atoms with Crippen molar-refractivity contribution in [2.24, 2.45) is 0 Å². The van der Waals surface area contributed by atoms with E-state index in [0.29, 0.717) is 18.7 Å². The minimum atomic E-state index is -4.43. The van der Waals surface area contributed by atoms with Gasteiger partial charge in [-0.25, -0.2) is 12.8 Å². The maximum absolute atomic E-state index is 14.5. The van der Waals surface area contributed by atoms with Crippen LogP contribution in [0.15, 0.2) is 106 Å². The highest BCUT2D eigenvalue weighted by Crippen LogP contribution is 2.32. The first-order valence-electron chi connectivity index (χ1n) is 14.9. The van der Waals surface area contributed by atoms with Gasteiger partial charge in [-0.2, -0.15) is 0 Å². The molecule has 4 aromatic carbocycles. The molecule has 9 nitrogen and oxygen atoms in total. The minimum absolute atomic E-state index is 0.0168. The van der Waals surface area contributed by atoms with Gasteiger partial charge < -0.3 is 19.7 Å². The summed E-state index contributed by atoms with van der Waals surface area (Å²) in [5, 5.41) is 2.91. The van der Waals surface area contributed by atoms with Crippen LogP contribution in [0.1, 0.15) is 24.5 Å². The number of benzene rings is 4. The van der Waals surface area contributed by atoms with E-state index in [0.717, 1.165) is 32.0 Å². The summed E-state index contributed by atoms with van der Waals surface area (Å²) in [6.45, 7) is 1.67.